The number of fused-ring (bicyclic) bond motifs is 1. The van der Waals surface area contributed by atoms with Crippen LogP contribution in [0, 0.1) is 0 Å². The van der Waals surface area contributed by atoms with Gasteiger partial charge in [0, 0.05) is 20.0 Å². The van der Waals surface area contributed by atoms with Crippen molar-refractivity contribution in [2.45, 2.75) is 58.9 Å². The molecule has 2 aromatic rings. The summed E-state index contributed by atoms with van der Waals surface area (Å²) in [5.41, 5.74) is 0.615. The van der Waals surface area contributed by atoms with Crippen molar-refractivity contribution in [2.24, 2.45) is 7.05 Å². The van der Waals surface area contributed by atoms with Crippen molar-refractivity contribution in [3.05, 3.63) is 40.4 Å². The van der Waals surface area contributed by atoms with Crippen molar-refractivity contribution < 1.29 is 4.79 Å². The van der Waals surface area contributed by atoms with Gasteiger partial charge in [0.1, 0.15) is 5.82 Å². The van der Waals surface area contributed by atoms with Gasteiger partial charge in [0.05, 0.1) is 16.9 Å². The number of hydrogen-bond donors (Lipinski definition) is 0. The second kappa shape index (κ2) is 8.79. The first-order valence-corrected chi connectivity index (χ1v) is 9.26. The number of nitrogens with zero attached hydrogens (tertiary/aromatic N) is 3. The summed E-state index contributed by atoms with van der Waals surface area (Å²) >= 11 is 0. The van der Waals surface area contributed by atoms with Gasteiger partial charge in [-0.1, -0.05) is 38.8 Å². The number of unbranched alkanes of at least 4 members (excludes halogenated alkanes) is 2. The van der Waals surface area contributed by atoms with Gasteiger partial charge in [-0.15, -0.1) is 0 Å². The summed E-state index contributed by atoms with van der Waals surface area (Å²) in [5, 5.41) is 0.609. The van der Waals surface area contributed by atoms with E-state index in [4.69, 9.17) is 0 Å². The highest BCUT2D eigenvalue weighted by Gasteiger charge is 2.24. The lowest BCUT2D eigenvalue weighted by molar-refractivity contribution is -0.133. The zero-order chi connectivity index (χ0) is 18.4. The highest BCUT2D eigenvalue weighted by atomic mass is 16.2. The highest BCUT2D eigenvalue weighted by Crippen LogP contribution is 2.21. The molecule has 1 unspecified atom stereocenters. The average molecular weight is 343 g/mol. The number of benzene rings is 1. The topological polar surface area (TPSA) is 55.2 Å². The molecule has 1 aromatic carbocycles. The molecular formula is C20H29N3O2. The Hall–Kier alpha value is -2.17. The fraction of sp³-hybridized carbons (Fsp3) is 0.550. The van der Waals surface area contributed by atoms with E-state index in [1.165, 1.54) is 0 Å². The first-order valence-electron chi connectivity index (χ1n) is 9.26. The number of hydrogen-bond acceptors (Lipinski definition) is 3. The van der Waals surface area contributed by atoms with Crippen LogP contribution >= 0.6 is 0 Å². The summed E-state index contributed by atoms with van der Waals surface area (Å²) in [6, 6.07) is 7.13. The molecule has 5 nitrogen and oxygen atoms in total. The Labute approximate surface area is 149 Å². The Morgan fingerprint density at radius 2 is 1.92 bits per heavy atom. The largest absolute Gasteiger partial charge is 0.333 e. The summed E-state index contributed by atoms with van der Waals surface area (Å²) in [7, 11) is 1.74. The van der Waals surface area contributed by atoms with E-state index < -0.39 is 0 Å². The minimum Gasteiger partial charge on any atom is -0.333 e. The summed E-state index contributed by atoms with van der Waals surface area (Å²) in [6.45, 7) is 6.83. The van der Waals surface area contributed by atoms with E-state index in [0.717, 1.165) is 25.7 Å². The molecule has 1 atom stereocenters. The zero-order valence-corrected chi connectivity index (χ0v) is 15.8. The molecule has 0 N–H and O–H groups in total. The molecule has 0 saturated carbocycles. The average Bonchev–Trinajstić information content (AvgIpc) is 2.62. The standard InChI is InChI=1S/C20H29N3O2/c1-5-7-8-13-18(24)23(14-6-2)15(3)19-21-17-12-10-9-11-16(17)20(25)22(19)4/h9-12,15H,5-8,13-14H2,1-4H3. The van der Waals surface area contributed by atoms with Crippen molar-refractivity contribution in [1.82, 2.24) is 14.5 Å². The molecule has 0 spiro atoms. The molecule has 0 saturated heterocycles. The van der Waals surface area contributed by atoms with E-state index in [2.05, 4.69) is 18.8 Å². The van der Waals surface area contributed by atoms with Crippen LogP contribution in [0.2, 0.25) is 0 Å². The Balaban J connectivity index is 2.37. The first-order chi connectivity index (χ1) is 12.0. The summed E-state index contributed by atoms with van der Waals surface area (Å²) in [5.74, 6) is 0.784. The van der Waals surface area contributed by atoms with Crippen molar-refractivity contribution in [1.29, 1.82) is 0 Å². The van der Waals surface area contributed by atoms with E-state index in [1.807, 2.05) is 30.0 Å². The molecule has 0 bridgehead atoms. The van der Waals surface area contributed by atoms with E-state index in [-0.39, 0.29) is 17.5 Å². The fourth-order valence-electron chi connectivity index (χ4n) is 3.19. The fourth-order valence-corrected chi connectivity index (χ4v) is 3.19. The van der Waals surface area contributed by atoms with Gasteiger partial charge in [0.25, 0.3) is 5.56 Å². The van der Waals surface area contributed by atoms with E-state index in [9.17, 15) is 9.59 Å². The lowest BCUT2D eigenvalue weighted by atomic mass is 10.1. The van der Waals surface area contributed by atoms with Crippen LogP contribution < -0.4 is 5.56 Å². The van der Waals surface area contributed by atoms with Crippen LogP contribution in [0.3, 0.4) is 0 Å². The Morgan fingerprint density at radius 3 is 2.60 bits per heavy atom. The molecule has 5 heteroatoms. The Morgan fingerprint density at radius 1 is 1.20 bits per heavy atom. The van der Waals surface area contributed by atoms with Crippen molar-refractivity contribution in [3.63, 3.8) is 0 Å². The summed E-state index contributed by atoms with van der Waals surface area (Å²) in [4.78, 5) is 31.9. The first kappa shape index (κ1) is 19.2. The molecule has 1 aromatic heterocycles. The number of carbonyl (C=O) groups excluding carboxylic acids is 1. The van der Waals surface area contributed by atoms with Gasteiger partial charge in [-0.3, -0.25) is 14.2 Å². The molecule has 1 heterocycles. The zero-order valence-electron chi connectivity index (χ0n) is 15.8. The Bertz CT molecular complexity index is 782. The molecule has 0 aliphatic carbocycles. The number of rotatable bonds is 8. The number of amides is 1. The van der Waals surface area contributed by atoms with E-state index in [0.29, 0.717) is 29.7 Å². The van der Waals surface area contributed by atoms with Gasteiger partial charge in [-0.05, 0) is 31.9 Å². The van der Waals surface area contributed by atoms with Gasteiger partial charge in [-0.2, -0.15) is 0 Å². The van der Waals surface area contributed by atoms with Gasteiger partial charge in [0.2, 0.25) is 5.91 Å². The number of para-hydroxylation sites is 1. The smallest absolute Gasteiger partial charge is 0.261 e. The molecule has 0 aliphatic heterocycles. The predicted octanol–water partition coefficient (Wildman–Crippen LogP) is 3.81. The molecule has 1 amide bonds. The Kier molecular flexibility index (Phi) is 6.73. The number of aromatic nitrogens is 2. The third-order valence-corrected chi connectivity index (χ3v) is 4.64. The maximum Gasteiger partial charge on any atom is 0.261 e. The van der Waals surface area contributed by atoms with Crippen LogP contribution in [-0.2, 0) is 11.8 Å². The van der Waals surface area contributed by atoms with Crippen LogP contribution in [0.15, 0.2) is 29.1 Å². The van der Waals surface area contributed by atoms with Gasteiger partial charge >= 0.3 is 0 Å². The SMILES string of the molecule is CCCCCC(=O)N(CCC)C(C)c1nc2ccccc2c(=O)n1C. The molecule has 0 radical (unpaired) electrons. The third-order valence-electron chi connectivity index (χ3n) is 4.64. The quantitative estimate of drug-likeness (QED) is 0.685. The van der Waals surface area contributed by atoms with Crippen LogP contribution in [0.4, 0.5) is 0 Å². The number of carbonyl (C=O) groups is 1. The third kappa shape index (κ3) is 4.27. The molecule has 136 valence electrons. The minimum atomic E-state index is -0.226. The van der Waals surface area contributed by atoms with Gasteiger partial charge < -0.3 is 4.90 Å². The summed E-state index contributed by atoms with van der Waals surface area (Å²) < 4.78 is 1.58. The van der Waals surface area contributed by atoms with Crippen molar-refractivity contribution in [3.8, 4) is 0 Å². The predicted molar refractivity (Wildman–Crippen MR) is 102 cm³/mol. The maximum absolute atomic E-state index is 12.7. The molecule has 0 fully saturated rings. The molecular weight excluding hydrogens is 314 g/mol. The lowest BCUT2D eigenvalue weighted by Crippen LogP contribution is -2.37. The van der Waals surface area contributed by atoms with Crippen LogP contribution in [0.5, 0.6) is 0 Å². The molecule has 2 rings (SSSR count). The van der Waals surface area contributed by atoms with Crippen LogP contribution in [0.1, 0.15) is 64.7 Å². The van der Waals surface area contributed by atoms with Gasteiger partial charge in [-0.25, -0.2) is 4.98 Å². The van der Waals surface area contributed by atoms with Crippen molar-refractivity contribution >= 4 is 16.8 Å². The second-order valence-corrected chi connectivity index (χ2v) is 6.57. The van der Waals surface area contributed by atoms with E-state index in [1.54, 1.807) is 17.7 Å². The van der Waals surface area contributed by atoms with E-state index >= 15 is 0 Å². The van der Waals surface area contributed by atoms with Crippen LogP contribution in [-0.4, -0.2) is 26.9 Å². The lowest BCUT2D eigenvalue weighted by Gasteiger charge is -2.30. The van der Waals surface area contributed by atoms with Crippen LogP contribution in [0.25, 0.3) is 10.9 Å². The second-order valence-electron chi connectivity index (χ2n) is 6.57. The van der Waals surface area contributed by atoms with Crippen molar-refractivity contribution in [2.75, 3.05) is 6.54 Å². The summed E-state index contributed by atoms with van der Waals surface area (Å²) in [6.07, 6.45) is 4.50. The maximum atomic E-state index is 12.7. The van der Waals surface area contributed by atoms with Gasteiger partial charge in [0.15, 0.2) is 0 Å². The molecule has 25 heavy (non-hydrogen) atoms. The normalized spacial score (nSPS) is 12.3. The minimum absolute atomic E-state index is 0.0673. The highest BCUT2D eigenvalue weighted by molar-refractivity contribution is 5.78. The monoisotopic (exact) mass is 343 g/mol. The molecule has 0 aliphatic rings.